The number of methoxy groups -OCH3 is 2. The molecule has 1 amide bonds. The van der Waals surface area contributed by atoms with E-state index in [1.54, 1.807) is 13.2 Å². The Morgan fingerprint density at radius 3 is 2.43 bits per heavy atom. The van der Waals surface area contributed by atoms with E-state index in [0.717, 1.165) is 28.0 Å². The molecule has 8 nitrogen and oxygen atoms in total. The Hall–Kier alpha value is -3.89. The molecule has 1 N–H and O–H groups in total. The first-order valence-electron chi connectivity index (χ1n) is 11.3. The number of rotatable bonds is 10. The number of carbonyl (C=O) groups is 2. The van der Waals surface area contributed by atoms with Gasteiger partial charge in [0.1, 0.15) is 16.3 Å². The number of ether oxygens (including phenoxy) is 2. The lowest BCUT2D eigenvalue weighted by molar-refractivity contribution is -0.113. The van der Waals surface area contributed by atoms with E-state index < -0.39 is 5.97 Å². The van der Waals surface area contributed by atoms with Crippen LogP contribution in [0.2, 0.25) is 0 Å². The van der Waals surface area contributed by atoms with Crippen LogP contribution in [0.5, 0.6) is 5.75 Å². The average Bonchev–Trinajstić information content (AvgIpc) is 3.52. The highest BCUT2D eigenvalue weighted by Gasteiger charge is 2.23. The molecule has 2 heterocycles. The second-order valence-corrected chi connectivity index (χ2v) is 9.80. The molecular weight excluding hydrogens is 508 g/mol. The smallest absolute Gasteiger partial charge is 0.341 e. The van der Waals surface area contributed by atoms with E-state index in [1.165, 1.54) is 30.2 Å². The van der Waals surface area contributed by atoms with Crippen molar-refractivity contribution in [3.8, 4) is 28.3 Å². The molecule has 2 aromatic carbocycles. The Balaban J connectivity index is 1.51. The summed E-state index contributed by atoms with van der Waals surface area (Å²) in [5, 5.41) is 14.4. The average molecular weight is 535 g/mol. The van der Waals surface area contributed by atoms with Gasteiger partial charge < -0.3 is 14.8 Å². The fourth-order valence-electron chi connectivity index (χ4n) is 3.64. The van der Waals surface area contributed by atoms with Crippen molar-refractivity contribution in [3.05, 3.63) is 77.7 Å². The van der Waals surface area contributed by atoms with Crippen LogP contribution in [0.4, 0.5) is 5.00 Å². The monoisotopic (exact) mass is 534 g/mol. The number of amides is 1. The van der Waals surface area contributed by atoms with E-state index in [4.69, 9.17) is 9.47 Å². The van der Waals surface area contributed by atoms with Crippen molar-refractivity contribution in [1.29, 1.82) is 0 Å². The Morgan fingerprint density at radius 2 is 1.78 bits per heavy atom. The SMILES string of the molecule is C=CCn1c(SCC(=O)Nc2scc(-c3ccc(C)cc3)c2C(=O)OC)nnc1-c1ccc(OC)cc1. The molecule has 0 aliphatic rings. The lowest BCUT2D eigenvalue weighted by Gasteiger charge is -2.09. The highest BCUT2D eigenvalue weighted by molar-refractivity contribution is 7.99. The van der Waals surface area contributed by atoms with Crippen molar-refractivity contribution in [1.82, 2.24) is 14.8 Å². The van der Waals surface area contributed by atoms with Crippen molar-refractivity contribution in [3.63, 3.8) is 0 Å². The standard InChI is InChI=1S/C27H26N4O4S2/c1-5-14-31-24(19-10-12-20(34-3)13-11-19)29-30-27(31)37-16-22(32)28-25-23(26(33)35-4)21(15-36-25)18-8-6-17(2)7-9-18/h5-13,15H,1,14,16H2,2-4H3,(H,28,32). The van der Waals surface area contributed by atoms with Crippen molar-refractivity contribution < 1.29 is 19.1 Å². The number of aryl methyl sites for hydroxylation is 1. The molecule has 0 saturated heterocycles. The number of nitrogens with one attached hydrogen (secondary N) is 1. The van der Waals surface area contributed by atoms with Crippen molar-refractivity contribution >= 4 is 40.0 Å². The molecule has 0 fully saturated rings. The van der Waals surface area contributed by atoms with Crippen LogP contribution in [0.15, 0.2) is 71.7 Å². The van der Waals surface area contributed by atoms with Crippen LogP contribution < -0.4 is 10.1 Å². The predicted octanol–water partition coefficient (Wildman–Crippen LogP) is 5.69. The van der Waals surface area contributed by atoms with Crippen LogP contribution in [0.25, 0.3) is 22.5 Å². The van der Waals surface area contributed by atoms with Crippen LogP contribution in [0.3, 0.4) is 0 Å². The van der Waals surface area contributed by atoms with E-state index in [1.807, 2.05) is 65.4 Å². The lowest BCUT2D eigenvalue weighted by Crippen LogP contribution is -2.16. The first-order chi connectivity index (χ1) is 17.9. The van der Waals surface area contributed by atoms with Crippen LogP contribution in [-0.4, -0.2) is 46.6 Å². The third-order valence-electron chi connectivity index (χ3n) is 5.51. The van der Waals surface area contributed by atoms with Gasteiger partial charge in [-0.25, -0.2) is 4.79 Å². The summed E-state index contributed by atoms with van der Waals surface area (Å²) < 4.78 is 12.1. The Morgan fingerprint density at radius 1 is 1.08 bits per heavy atom. The molecule has 10 heteroatoms. The largest absolute Gasteiger partial charge is 0.497 e. The molecule has 190 valence electrons. The zero-order valence-corrected chi connectivity index (χ0v) is 22.3. The molecule has 0 saturated carbocycles. The van der Waals surface area contributed by atoms with Gasteiger partial charge in [0, 0.05) is 23.1 Å². The van der Waals surface area contributed by atoms with E-state index in [0.29, 0.717) is 28.1 Å². The summed E-state index contributed by atoms with van der Waals surface area (Å²) in [4.78, 5) is 25.5. The van der Waals surface area contributed by atoms with Gasteiger partial charge in [0.15, 0.2) is 11.0 Å². The summed E-state index contributed by atoms with van der Waals surface area (Å²) in [6, 6.07) is 15.3. The van der Waals surface area contributed by atoms with Gasteiger partial charge in [0.2, 0.25) is 5.91 Å². The van der Waals surface area contributed by atoms with Gasteiger partial charge in [-0.2, -0.15) is 0 Å². The summed E-state index contributed by atoms with van der Waals surface area (Å²) in [7, 11) is 2.94. The molecule has 0 aliphatic heterocycles. The Bertz CT molecular complexity index is 1410. The molecule has 37 heavy (non-hydrogen) atoms. The molecule has 4 rings (SSSR count). The van der Waals surface area contributed by atoms with Gasteiger partial charge in [-0.1, -0.05) is 47.7 Å². The molecular formula is C27H26N4O4S2. The first kappa shape index (κ1) is 26.2. The summed E-state index contributed by atoms with van der Waals surface area (Å²) in [6.07, 6.45) is 1.75. The zero-order chi connectivity index (χ0) is 26.4. The predicted molar refractivity (Wildman–Crippen MR) is 147 cm³/mol. The molecule has 2 aromatic heterocycles. The molecule has 0 aliphatic carbocycles. The van der Waals surface area contributed by atoms with Crippen molar-refractivity contribution in [2.75, 3.05) is 25.3 Å². The Kier molecular flexibility index (Phi) is 8.42. The van der Waals surface area contributed by atoms with Crippen LogP contribution >= 0.6 is 23.1 Å². The molecule has 0 unspecified atom stereocenters. The lowest BCUT2D eigenvalue weighted by atomic mass is 10.0. The molecule has 0 radical (unpaired) electrons. The number of esters is 1. The van der Waals surface area contributed by atoms with Gasteiger partial charge in [-0.15, -0.1) is 28.1 Å². The van der Waals surface area contributed by atoms with Crippen molar-refractivity contribution in [2.45, 2.75) is 18.6 Å². The fraction of sp³-hybridized carbons (Fsp3) is 0.185. The minimum absolute atomic E-state index is 0.0796. The van der Waals surface area contributed by atoms with Crippen LogP contribution in [-0.2, 0) is 16.1 Å². The third-order valence-corrected chi connectivity index (χ3v) is 7.37. The number of anilines is 1. The molecule has 4 aromatic rings. The van der Waals surface area contributed by atoms with Crippen LogP contribution in [0, 0.1) is 6.92 Å². The number of allylic oxidation sites excluding steroid dienone is 1. The van der Waals surface area contributed by atoms with Crippen LogP contribution in [0.1, 0.15) is 15.9 Å². The Labute approximate surface area is 223 Å². The number of aromatic nitrogens is 3. The molecule has 0 bridgehead atoms. The first-order valence-corrected chi connectivity index (χ1v) is 13.2. The second-order valence-electron chi connectivity index (χ2n) is 7.98. The van der Waals surface area contributed by atoms with Gasteiger partial charge in [0.25, 0.3) is 0 Å². The summed E-state index contributed by atoms with van der Waals surface area (Å²) in [5.41, 5.74) is 3.92. The van der Waals surface area contributed by atoms with Gasteiger partial charge in [-0.05, 0) is 36.8 Å². The fourth-order valence-corrected chi connectivity index (χ4v) is 5.36. The summed E-state index contributed by atoms with van der Waals surface area (Å²) >= 11 is 2.54. The number of thiophene rings is 1. The topological polar surface area (TPSA) is 95.3 Å². The minimum Gasteiger partial charge on any atom is -0.497 e. The quantitative estimate of drug-likeness (QED) is 0.159. The zero-order valence-electron chi connectivity index (χ0n) is 20.7. The minimum atomic E-state index is -0.505. The van der Waals surface area contributed by atoms with Gasteiger partial charge in [0.05, 0.1) is 20.0 Å². The summed E-state index contributed by atoms with van der Waals surface area (Å²) in [5.74, 6) is 0.715. The molecule has 0 atom stereocenters. The van der Waals surface area contributed by atoms with Gasteiger partial charge >= 0.3 is 5.97 Å². The third kappa shape index (κ3) is 5.92. The summed E-state index contributed by atoms with van der Waals surface area (Å²) in [6.45, 7) is 6.31. The van der Waals surface area contributed by atoms with E-state index in [-0.39, 0.29) is 11.7 Å². The number of benzene rings is 2. The molecule has 0 spiro atoms. The van der Waals surface area contributed by atoms with E-state index >= 15 is 0 Å². The van der Waals surface area contributed by atoms with Gasteiger partial charge in [-0.3, -0.25) is 9.36 Å². The second kappa shape index (κ2) is 11.9. The highest BCUT2D eigenvalue weighted by Crippen LogP contribution is 2.36. The number of carbonyl (C=O) groups excluding carboxylic acids is 2. The number of thioether (sulfide) groups is 1. The van der Waals surface area contributed by atoms with E-state index in [2.05, 4.69) is 22.1 Å². The van der Waals surface area contributed by atoms with E-state index in [9.17, 15) is 9.59 Å². The maximum absolute atomic E-state index is 12.9. The maximum Gasteiger partial charge on any atom is 0.341 e. The maximum atomic E-state index is 12.9. The highest BCUT2D eigenvalue weighted by atomic mass is 32.2. The number of hydrogen-bond donors (Lipinski definition) is 1. The number of hydrogen-bond acceptors (Lipinski definition) is 8. The normalized spacial score (nSPS) is 10.7. The number of nitrogens with zero attached hydrogens (tertiary/aromatic N) is 3. The van der Waals surface area contributed by atoms with Crippen molar-refractivity contribution in [2.24, 2.45) is 0 Å².